The quantitative estimate of drug-likeness (QED) is 0.419. The Morgan fingerprint density at radius 1 is 1.50 bits per heavy atom. The Hall–Kier alpha value is -1.58. The topological polar surface area (TPSA) is 80.3 Å². The van der Waals surface area contributed by atoms with Gasteiger partial charge in [0.05, 0.1) is 12.8 Å². The zero-order chi connectivity index (χ0) is 16.1. The second kappa shape index (κ2) is 9.05. The number of nitrogens with one attached hydrogen (secondary N) is 2. The lowest BCUT2D eigenvalue weighted by Gasteiger charge is -2.26. The summed E-state index contributed by atoms with van der Waals surface area (Å²) in [4.78, 5) is 8.93. The highest BCUT2D eigenvalue weighted by atomic mass is 127. The highest BCUT2D eigenvalue weighted by Gasteiger charge is 2.20. The minimum Gasteiger partial charge on any atom is -0.469 e. The molecule has 1 aliphatic heterocycles. The van der Waals surface area contributed by atoms with Crippen molar-refractivity contribution in [2.75, 3.05) is 6.54 Å². The second-order valence-corrected chi connectivity index (χ2v) is 6.10. The number of aromatic nitrogens is 3. The third-order valence-electron chi connectivity index (χ3n) is 3.78. The van der Waals surface area contributed by atoms with Gasteiger partial charge >= 0.3 is 0 Å². The van der Waals surface area contributed by atoms with Gasteiger partial charge in [0.1, 0.15) is 17.9 Å². The van der Waals surface area contributed by atoms with Crippen molar-refractivity contribution in [3.8, 4) is 0 Å². The van der Waals surface area contributed by atoms with Crippen molar-refractivity contribution in [2.24, 2.45) is 4.99 Å². The van der Waals surface area contributed by atoms with E-state index < -0.39 is 0 Å². The molecule has 2 N–H and O–H groups in total. The van der Waals surface area contributed by atoms with Crippen molar-refractivity contribution in [2.45, 2.75) is 51.7 Å². The van der Waals surface area contributed by atoms with Crippen LogP contribution in [0.2, 0.25) is 0 Å². The van der Waals surface area contributed by atoms with E-state index in [9.17, 15) is 0 Å². The largest absolute Gasteiger partial charge is 0.469 e. The summed E-state index contributed by atoms with van der Waals surface area (Å²) < 4.78 is 7.32. The van der Waals surface area contributed by atoms with Crippen LogP contribution in [0.1, 0.15) is 31.9 Å². The third-order valence-corrected chi connectivity index (χ3v) is 3.78. The summed E-state index contributed by atoms with van der Waals surface area (Å²) in [5.74, 6) is 2.87. The van der Waals surface area contributed by atoms with Crippen LogP contribution >= 0.6 is 24.0 Å². The molecular weight excluding hydrogens is 419 g/mol. The number of fused-ring (bicyclic) bond motifs is 1. The Morgan fingerprint density at radius 3 is 3.12 bits per heavy atom. The van der Waals surface area contributed by atoms with Crippen molar-refractivity contribution in [3.05, 3.63) is 36.3 Å². The van der Waals surface area contributed by atoms with Crippen LogP contribution in [0.15, 0.2) is 34.1 Å². The molecule has 2 aromatic heterocycles. The second-order valence-electron chi connectivity index (χ2n) is 6.10. The Labute approximate surface area is 159 Å². The molecule has 1 aliphatic rings. The number of furan rings is 1. The average Bonchev–Trinajstić information content (AvgIpc) is 3.17. The molecule has 132 valence electrons. The van der Waals surface area contributed by atoms with Gasteiger partial charge in [-0.05, 0) is 32.4 Å². The summed E-state index contributed by atoms with van der Waals surface area (Å²) >= 11 is 0. The molecule has 7 nitrogen and oxygen atoms in total. The molecule has 3 rings (SSSR count). The summed E-state index contributed by atoms with van der Waals surface area (Å²) in [5.41, 5.74) is 0. The van der Waals surface area contributed by atoms with Gasteiger partial charge in [0.25, 0.3) is 0 Å². The third kappa shape index (κ3) is 5.22. The molecule has 3 heterocycles. The normalized spacial score (nSPS) is 17.3. The molecule has 0 aromatic carbocycles. The highest BCUT2D eigenvalue weighted by Crippen LogP contribution is 2.11. The predicted octanol–water partition coefficient (Wildman–Crippen LogP) is 1.99. The Kier molecular flexibility index (Phi) is 7.07. The van der Waals surface area contributed by atoms with E-state index in [-0.39, 0.29) is 24.0 Å². The predicted molar refractivity (Wildman–Crippen MR) is 104 cm³/mol. The molecule has 24 heavy (non-hydrogen) atoms. The van der Waals surface area contributed by atoms with Gasteiger partial charge in [-0.25, -0.2) is 9.67 Å². The van der Waals surface area contributed by atoms with Gasteiger partial charge in [0, 0.05) is 31.5 Å². The van der Waals surface area contributed by atoms with Crippen molar-refractivity contribution >= 4 is 29.9 Å². The van der Waals surface area contributed by atoms with Crippen molar-refractivity contribution in [1.29, 1.82) is 0 Å². The summed E-state index contributed by atoms with van der Waals surface area (Å²) in [6.45, 7) is 5.74. The molecule has 1 unspecified atom stereocenters. The molecule has 1 atom stereocenters. The molecule has 0 spiro atoms. The molecular formula is C16H25IN6O. The lowest BCUT2D eigenvalue weighted by molar-refractivity contribution is 0.391. The van der Waals surface area contributed by atoms with Crippen molar-refractivity contribution in [3.63, 3.8) is 0 Å². The average molecular weight is 444 g/mol. The highest BCUT2D eigenvalue weighted by molar-refractivity contribution is 14.0. The number of nitrogens with zero attached hydrogens (tertiary/aromatic N) is 4. The summed E-state index contributed by atoms with van der Waals surface area (Å²) in [5, 5.41) is 11.2. The molecule has 0 saturated carbocycles. The number of hydrogen-bond acceptors (Lipinski definition) is 4. The molecule has 0 aliphatic carbocycles. The minimum atomic E-state index is 0. The first-order valence-electron chi connectivity index (χ1n) is 8.17. The number of aryl methyl sites for hydroxylation is 1. The van der Waals surface area contributed by atoms with Crippen molar-refractivity contribution in [1.82, 2.24) is 25.4 Å². The number of rotatable bonds is 5. The maximum absolute atomic E-state index is 5.35. The minimum absolute atomic E-state index is 0. The monoisotopic (exact) mass is 444 g/mol. The molecule has 0 bridgehead atoms. The summed E-state index contributed by atoms with van der Waals surface area (Å²) in [6.07, 6.45) is 6.11. The molecule has 2 aromatic rings. The number of guanidine groups is 1. The zero-order valence-corrected chi connectivity index (χ0v) is 16.4. The maximum Gasteiger partial charge on any atom is 0.191 e. The fourth-order valence-corrected chi connectivity index (χ4v) is 2.69. The molecule has 8 heteroatoms. The van der Waals surface area contributed by atoms with Crippen LogP contribution in [0.5, 0.6) is 0 Å². The van der Waals surface area contributed by atoms with Crippen LogP contribution in [0.25, 0.3) is 0 Å². The summed E-state index contributed by atoms with van der Waals surface area (Å²) in [7, 11) is 0. The lowest BCUT2D eigenvalue weighted by Crippen LogP contribution is -2.49. The van der Waals surface area contributed by atoms with E-state index >= 15 is 0 Å². The van der Waals surface area contributed by atoms with Gasteiger partial charge < -0.3 is 15.1 Å². The van der Waals surface area contributed by atoms with Gasteiger partial charge in [-0.15, -0.1) is 24.0 Å². The van der Waals surface area contributed by atoms with Crippen LogP contribution in [0.3, 0.4) is 0 Å². The van der Waals surface area contributed by atoms with E-state index in [1.807, 2.05) is 16.8 Å². The van der Waals surface area contributed by atoms with E-state index in [4.69, 9.17) is 4.42 Å². The van der Waals surface area contributed by atoms with E-state index in [2.05, 4.69) is 39.6 Å². The van der Waals surface area contributed by atoms with Gasteiger partial charge in [-0.1, -0.05) is 0 Å². The Balaban J connectivity index is 0.00000208. The number of halogens is 1. The zero-order valence-electron chi connectivity index (χ0n) is 14.1. The van der Waals surface area contributed by atoms with Crippen LogP contribution in [-0.2, 0) is 19.4 Å². The van der Waals surface area contributed by atoms with E-state index in [1.165, 1.54) is 0 Å². The maximum atomic E-state index is 5.35. The number of hydrogen-bond donors (Lipinski definition) is 2. The first-order chi connectivity index (χ1) is 11.2. The van der Waals surface area contributed by atoms with Gasteiger partial charge in [0.2, 0.25) is 0 Å². The van der Waals surface area contributed by atoms with Crippen LogP contribution in [-0.4, -0.2) is 39.4 Å². The van der Waals surface area contributed by atoms with Crippen LogP contribution < -0.4 is 10.6 Å². The Morgan fingerprint density at radius 2 is 2.38 bits per heavy atom. The Bertz CT molecular complexity index is 637. The first-order valence-corrected chi connectivity index (χ1v) is 8.17. The van der Waals surface area contributed by atoms with E-state index in [0.29, 0.717) is 18.6 Å². The summed E-state index contributed by atoms with van der Waals surface area (Å²) in [6, 6.07) is 4.53. The molecule has 0 radical (unpaired) electrons. The van der Waals surface area contributed by atoms with E-state index in [1.54, 1.807) is 12.6 Å². The standard InChI is InChI=1S/C16H24N6O.HI/c1-12(2)20-16(17-8-7-14-4-3-9-23-14)21-13-5-6-15-18-11-19-22(15)10-13;/h3-4,9,11-13H,5-8,10H2,1-2H3,(H2,17,20,21);1H. The smallest absolute Gasteiger partial charge is 0.191 e. The van der Waals surface area contributed by atoms with E-state index in [0.717, 1.165) is 43.4 Å². The fourth-order valence-electron chi connectivity index (χ4n) is 2.69. The SMILES string of the molecule is CC(C)NC(=NCCc1ccco1)NC1CCc2ncnn2C1.I. The molecule has 0 fully saturated rings. The van der Waals surface area contributed by atoms with Gasteiger partial charge in [-0.3, -0.25) is 4.99 Å². The first kappa shape index (κ1) is 18.8. The molecule has 0 saturated heterocycles. The fraction of sp³-hybridized carbons (Fsp3) is 0.562. The van der Waals surface area contributed by atoms with Gasteiger partial charge in [-0.2, -0.15) is 5.10 Å². The van der Waals surface area contributed by atoms with Gasteiger partial charge in [0.15, 0.2) is 5.96 Å². The van der Waals surface area contributed by atoms with Crippen LogP contribution in [0, 0.1) is 0 Å². The number of aliphatic imine (C=N–C) groups is 1. The molecule has 0 amide bonds. The van der Waals surface area contributed by atoms with Crippen molar-refractivity contribution < 1.29 is 4.42 Å². The lowest BCUT2D eigenvalue weighted by atomic mass is 10.1. The van der Waals surface area contributed by atoms with Crippen LogP contribution in [0.4, 0.5) is 0 Å².